The van der Waals surface area contributed by atoms with E-state index in [0.717, 1.165) is 38.5 Å². The molecule has 6 rings (SSSR count). The number of urea groups is 2. The Morgan fingerprint density at radius 3 is 1.03 bits per heavy atom. The van der Waals surface area contributed by atoms with E-state index in [1.165, 1.54) is 0 Å². The van der Waals surface area contributed by atoms with Crippen LogP contribution in [-0.4, -0.2) is 129 Å². The van der Waals surface area contributed by atoms with Gasteiger partial charge in [0.2, 0.25) is 35.2 Å². The number of carbonyl (C=O) groups is 10. The van der Waals surface area contributed by atoms with Crippen LogP contribution in [0.4, 0.5) is 9.59 Å². The van der Waals surface area contributed by atoms with E-state index in [9.17, 15) is 47.9 Å². The number of Topliss-reactive ketones (excluding diaryl/α,β-unsaturated/α-hetero) is 2. The van der Waals surface area contributed by atoms with Gasteiger partial charge in [-0.25, -0.2) is 9.59 Å². The first-order chi connectivity index (χ1) is 33.7. The molecule has 20 nitrogen and oxygen atoms in total. The quantitative estimate of drug-likeness (QED) is 0.104. The standard InChI is InChI=1S/2C27H45N5O5/c2*1-25(2,3)20(30-24(37)31-26(4,5)6)23(36)32-13-15-17(27(15,7)8)18(32)22(35)29-16(19(33)21(28)34)12-14-10-9-11-14/h2*14-18,20H,9-13H2,1-8H3,(H2,28,34)(H,29,35)(H2,30,31,37)/t2*15-,16?,17-,18-,20+/m00/s1. The van der Waals surface area contributed by atoms with Crippen molar-refractivity contribution < 1.29 is 47.9 Å². The molecule has 4 saturated carbocycles. The minimum atomic E-state index is -1.07. The third-order valence-electron chi connectivity index (χ3n) is 16.6. The fraction of sp³-hybridized carbons (Fsp3) is 0.815. The van der Waals surface area contributed by atoms with Gasteiger partial charge in [0.15, 0.2) is 0 Å². The number of rotatable bonds is 16. The van der Waals surface area contributed by atoms with E-state index < -0.39 is 105 Å². The van der Waals surface area contributed by atoms with Crippen LogP contribution in [0.5, 0.6) is 0 Å². The Balaban J connectivity index is 0.000000274. The number of nitrogens with two attached hydrogens (primary N) is 2. The van der Waals surface area contributed by atoms with Gasteiger partial charge in [-0.05, 0) is 112 Å². The lowest BCUT2D eigenvalue weighted by atomic mass is 9.80. The number of ketones is 2. The lowest BCUT2D eigenvalue weighted by molar-refractivity contribution is -0.145. The zero-order valence-electron chi connectivity index (χ0n) is 47.1. The number of carbonyl (C=O) groups excluding carboxylic acids is 10. The number of nitrogens with zero attached hydrogens (tertiary/aromatic N) is 2. The summed E-state index contributed by atoms with van der Waals surface area (Å²) in [6.45, 7) is 31.4. The number of hydrogen-bond donors (Lipinski definition) is 8. The summed E-state index contributed by atoms with van der Waals surface area (Å²) in [5.41, 5.74) is 8.08. The molecule has 416 valence electrons. The van der Waals surface area contributed by atoms with E-state index in [0.29, 0.717) is 25.9 Å². The normalized spacial score (nSPS) is 26.3. The van der Waals surface area contributed by atoms with Crippen molar-refractivity contribution in [2.24, 2.45) is 68.6 Å². The first kappa shape index (κ1) is 59.6. The first-order valence-electron chi connectivity index (χ1n) is 26.7. The highest BCUT2D eigenvalue weighted by Crippen LogP contribution is 2.66. The zero-order valence-corrected chi connectivity index (χ0v) is 47.1. The molecule has 2 aliphatic heterocycles. The van der Waals surface area contributed by atoms with Crippen molar-refractivity contribution in [1.82, 2.24) is 41.7 Å². The summed E-state index contributed by atoms with van der Waals surface area (Å²) in [5, 5.41) is 16.9. The molecule has 0 aromatic rings. The Labute approximate surface area is 438 Å². The third-order valence-corrected chi connectivity index (χ3v) is 16.6. The summed E-state index contributed by atoms with van der Waals surface area (Å²) < 4.78 is 0. The second kappa shape index (κ2) is 21.4. The predicted octanol–water partition coefficient (Wildman–Crippen LogP) is 3.42. The molecule has 4 aliphatic carbocycles. The number of fused-ring (bicyclic) bond motifs is 2. The van der Waals surface area contributed by atoms with Gasteiger partial charge in [-0.3, -0.25) is 38.4 Å². The lowest BCUT2D eigenvalue weighted by Crippen LogP contribution is -2.62. The van der Waals surface area contributed by atoms with Gasteiger partial charge in [0.25, 0.3) is 11.8 Å². The van der Waals surface area contributed by atoms with E-state index in [2.05, 4.69) is 59.6 Å². The van der Waals surface area contributed by atoms with Crippen molar-refractivity contribution in [3.63, 3.8) is 0 Å². The van der Waals surface area contributed by atoms with Crippen LogP contribution in [0.25, 0.3) is 0 Å². The van der Waals surface area contributed by atoms with E-state index in [-0.39, 0.29) is 58.2 Å². The van der Waals surface area contributed by atoms with Gasteiger partial charge in [-0.15, -0.1) is 0 Å². The molecule has 0 spiro atoms. The molecule has 0 aromatic heterocycles. The van der Waals surface area contributed by atoms with Crippen LogP contribution in [0.15, 0.2) is 0 Å². The lowest BCUT2D eigenvalue weighted by Gasteiger charge is -2.38. The van der Waals surface area contributed by atoms with Gasteiger partial charge >= 0.3 is 12.1 Å². The molecule has 2 saturated heterocycles. The fourth-order valence-electron chi connectivity index (χ4n) is 11.7. The van der Waals surface area contributed by atoms with E-state index >= 15 is 0 Å². The third kappa shape index (κ3) is 13.8. The molecule has 2 heterocycles. The second-order valence-corrected chi connectivity index (χ2v) is 27.7. The summed E-state index contributed by atoms with van der Waals surface area (Å²) >= 11 is 0. The molecule has 10 N–H and O–H groups in total. The van der Waals surface area contributed by atoms with E-state index in [4.69, 9.17) is 11.5 Å². The molecule has 0 bridgehead atoms. The Kier molecular flexibility index (Phi) is 17.2. The van der Waals surface area contributed by atoms with E-state index in [1.54, 1.807) is 9.80 Å². The van der Waals surface area contributed by atoms with Crippen molar-refractivity contribution in [3.05, 3.63) is 0 Å². The van der Waals surface area contributed by atoms with Crippen LogP contribution >= 0.6 is 0 Å². The highest BCUT2D eigenvalue weighted by Gasteiger charge is 2.71. The minimum absolute atomic E-state index is 0.0755. The Morgan fingerprint density at radius 2 is 0.797 bits per heavy atom. The van der Waals surface area contributed by atoms with Crippen LogP contribution in [0.3, 0.4) is 0 Å². The number of piperidine rings is 2. The second-order valence-electron chi connectivity index (χ2n) is 27.7. The largest absolute Gasteiger partial charge is 0.363 e. The van der Waals surface area contributed by atoms with Gasteiger partial charge in [-0.1, -0.05) is 108 Å². The zero-order chi connectivity index (χ0) is 56.2. The van der Waals surface area contributed by atoms with Gasteiger partial charge in [-0.2, -0.15) is 0 Å². The SMILES string of the molecule is CC(C)(C)NC(=O)N[C@H](C(=O)N1C[C@H]2[C@@H]([C@H]1C(=O)NC(CC1CCC1)C(=O)C(N)=O)C2(C)C)C(C)(C)C.CC(C)(C)NC(=O)N[C@H](C(=O)N1C[C@H]2[C@@H]([C@H]1C(=O)NC(CC1CCC1)C(=O)C(N)=O)C2(C)C)C(C)(C)C. The van der Waals surface area contributed by atoms with Crippen molar-refractivity contribution in [2.75, 3.05) is 13.1 Å². The Morgan fingerprint density at radius 1 is 0.500 bits per heavy atom. The maximum Gasteiger partial charge on any atom is 0.315 e. The van der Waals surface area contributed by atoms with Crippen molar-refractivity contribution >= 4 is 59.1 Å². The van der Waals surface area contributed by atoms with Gasteiger partial charge in [0, 0.05) is 24.2 Å². The van der Waals surface area contributed by atoms with Crippen LogP contribution in [0.2, 0.25) is 0 Å². The maximum atomic E-state index is 13.9. The highest BCUT2D eigenvalue weighted by atomic mass is 16.2. The first-order valence-corrected chi connectivity index (χ1v) is 26.7. The molecule has 10 amide bonds. The summed E-state index contributed by atoms with van der Waals surface area (Å²) in [5.74, 6) is -4.70. The molecule has 10 atom stereocenters. The number of amides is 10. The number of likely N-dealkylation sites (tertiary alicyclic amines) is 2. The summed E-state index contributed by atoms with van der Waals surface area (Å²) in [4.78, 5) is 132. The Hall–Kier alpha value is -5.30. The molecule has 0 aromatic carbocycles. The highest BCUT2D eigenvalue weighted by molar-refractivity contribution is 6.38. The number of nitrogens with one attached hydrogen (secondary N) is 6. The average Bonchev–Trinajstić information content (AvgIpc) is 3.66. The number of primary amides is 2. The molecule has 20 heteroatoms. The topological polar surface area (TPSA) is 301 Å². The Bertz CT molecular complexity index is 2070. The molecule has 6 aliphatic rings. The van der Waals surface area contributed by atoms with Crippen LogP contribution in [0.1, 0.15) is 162 Å². The maximum absolute atomic E-state index is 13.9. The molecular formula is C54H90N10O10. The van der Waals surface area contributed by atoms with Crippen LogP contribution < -0.4 is 43.4 Å². The fourth-order valence-corrected chi connectivity index (χ4v) is 11.7. The van der Waals surface area contributed by atoms with Crippen molar-refractivity contribution in [3.8, 4) is 0 Å². The van der Waals surface area contributed by atoms with Gasteiger partial charge < -0.3 is 53.2 Å². The molecule has 2 unspecified atom stereocenters. The van der Waals surface area contributed by atoms with Crippen LogP contribution in [0, 0.1) is 57.2 Å². The predicted molar refractivity (Wildman–Crippen MR) is 278 cm³/mol. The molecule has 0 radical (unpaired) electrons. The minimum Gasteiger partial charge on any atom is -0.363 e. The van der Waals surface area contributed by atoms with Crippen molar-refractivity contribution in [2.45, 2.75) is 209 Å². The van der Waals surface area contributed by atoms with Crippen molar-refractivity contribution in [1.29, 1.82) is 0 Å². The summed E-state index contributed by atoms with van der Waals surface area (Å²) in [6.07, 6.45) is 6.63. The molecule has 74 heavy (non-hydrogen) atoms. The smallest absolute Gasteiger partial charge is 0.315 e. The van der Waals surface area contributed by atoms with Gasteiger partial charge in [0.05, 0.1) is 12.1 Å². The molecular weight excluding hydrogens is 949 g/mol. The van der Waals surface area contributed by atoms with Crippen LogP contribution in [-0.2, 0) is 38.4 Å². The van der Waals surface area contributed by atoms with Gasteiger partial charge in [0.1, 0.15) is 24.2 Å². The summed E-state index contributed by atoms with van der Waals surface area (Å²) in [7, 11) is 0. The van der Waals surface area contributed by atoms with E-state index in [1.807, 2.05) is 83.1 Å². The molecule has 6 fully saturated rings. The summed E-state index contributed by atoms with van der Waals surface area (Å²) in [6, 6.07) is -6.25. The monoisotopic (exact) mass is 1040 g/mol. The average molecular weight is 1040 g/mol. The number of hydrogen-bond acceptors (Lipinski definition) is 10.